The molecule has 1 aliphatic rings. The third kappa shape index (κ3) is 2.25. The van der Waals surface area contributed by atoms with Gasteiger partial charge in [-0.2, -0.15) is 0 Å². The molecule has 1 aliphatic heterocycles. The van der Waals surface area contributed by atoms with Crippen LogP contribution in [0.2, 0.25) is 0 Å². The van der Waals surface area contributed by atoms with Crippen LogP contribution in [0.1, 0.15) is 6.23 Å². The molecule has 0 unspecified atom stereocenters. The number of rotatable bonds is 3. The fraction of sp³-hybridized carbons (Fsp3) is 0.357. The van der Waals surface area contributed by atoms with Gasteiger partial charge in [-0.25, -0.2) is 15.0 Å². The normalized spacial score (nSPS) is 27.8. The van der Waals surface area contributed by atoms with Crippen molar-refractivity contribution in [2.45, 2.75) is 24.5 Å². The van der Waals surface area contributed by atoms with Gasteiger partial charge in [0.25, 0.3) is 0 Å². The number of aromatic nitrogens is 4. The molecular formula is C14H14N4O4S. The summed E-state index contributed by atoms with van der Waals surface area (Å²) in [7, 11) is 0. The minimum absolute atomic E-state index is 0.378. The van der Waals surface area contributed by atoms with Crippen molar-refractivity contribution in [3.63, 3.8) is 0 Å². The first kappa shape index (κ1) is 14.7. The smallest absolute Gasteiger partial charge is 0.166 e. The van der Waals surface area contributed by atoms with E-state index < -0.39 is 24.5 Å². The molecule has 0 radical (unpaired) electrons. The zero-order valence-electron chi connectivity index (χ0n) is 11.9. The molecule has 1 saturated heterocycles. The summed E-state index contributed by atoms with van der Waals surface area (Å²) < 4.78 is 7.09. The molecule has 3 aromatic rings. The molecule has 0 amide bonds. The molecule has 0 aromatic carbocycles. The molecule has 0 aliphatic carbocycles. The highest BCUT2D eigenvalue weighted by molar-refractivity contribution is 7.13. The molecule has 0 saturated carbocycles. The predicted molar refractivity (Wildman–Crippen MR) is 81.6 cm³/mol. The fourth-order valence-corrected chi connectivity index (χ4v) is 3.46. The van der Waals surface area contributed by atoms with Crippen LogP contribution in [0.3, 0.4) is 0 Å². The average molecular weight is 334 g/mol. The van der Waals surface area contributed by atoms with Crippen molar-refractivity contribution in [2.75, 3.05) is 6.61 Å². The first-order valence-corrected chi connectivity index (χ1v) is 7.92. The summed E-state index contributed by atoms with van der Waals surface area (Å²) >= 11 is 1.54. The van der Waals surface area contributed by atoms with Gasteiger partial charge >= 0.3 is 0 Å². The van der Waals surface area contributed by atoms with E-state index >= 15 is 0 Å². The lowest BCUT2D eigenvalue weighted by Crippen LogP contribution is -2.33. The van der Waals surface area contributed by atoms with Crippen molar-refractivity contribution >= 4 is 22.5 Å². The number of ether oxygens (including phenoxy) is 1. The third-order valence-corrected chi connectivity index (χ3v) is 4.78. The Morgan fingerprint density at radius 1 is 1.22 bits per heavy atom. The molecule has 23 heavy (non-hydrogen) atoms. The maximum absolute atomic E-state index is 10.2. The summed E-state index contributed by atoms with van der Waals surface area (Å²) in [6.07, 6.45) is -1.12. The molecule has 0 spiro atoms. The number of thiophene rings is 1. The second kappa shape index (κ2) is 5.62. The zero-order valence-corrected chi connectivity index (χ0v) is 12.7. The van der Waals surface area contributed by atoms with Crippen molar-refractivity contribution in [2.24, 2.45) is 0 Å². The Labute approximate surface area is 134 Å². The van der Waals surface area contributed by atoms with Crippen molar-refractivity contribution in [1.82, 2.24) is 19.5 Å². The van der Waals surface area contributed by atoms with E-state index in [0.29, 0.717) is 16.9 Å². The highest BCUT2D eigenvalue weighted by Crippen LogP contribution is 2.33. The van der Waals surface area contributed by atoms with Gasteiger partial charge in [0.15, 0.2) is 11.9 Å². The van der Waals surface area contributed by atoms with E-state index in [1.54, 1.807) is 15.9 Å². The number of nitrogens with zero attached hydrogens (tertiary/aromatic N) is 4. The Morgan fingerprint density at radius 3 is 2.78 bits per heavy atom. The van der Waals surface area contributed by atoms with Gasteiger partial charge < -0.3 is 20.1 Å². The van der Waals surface area contributed by atoms with Crippen LogP contribution in [0, 0.1) is 0 Å². The van der Waals surface area contributed by atoms with Crippen molar-refractivity contribution < 1.29 is 20.1 Å². The van der Waals surface area contributed by atoms with Gasteiger partial charge in [-0.1, -0.05) is 6.07 Å². The van der Waals surface area contributed by atoms with Crippen molar-refractivity contribution in [1.29, 1.82) is 0 Å². The number of hydrogen-bond acceptors (Lipinski definition) is 8. The zero-order chi connectivity index (χ0) is 16.0. The Kier molecular flexibility index (Phi) is 3.58. The second-order valence-electron chi connectivity index (χ2n) is 5.25. The van der Waals surface area contributed by atoms with Crippen molar-refractivity contribution in [3.8, 4) is 10.6 Å². The number of hydrogen-bond donors (Lipinski definition) is 3. The van der Waals surface area contributed by atoms with E-state index in [1.165, 1.54) is 12.7 Å². The summed E-state index contributed by atoms with van der Waals surface area (Å²) in [5, 5.41) is 31.2. The van der Waals surface area contributed by atoms with Gasteiger partial charge in [0.05, 0.1) is 17.8 Å². The molecule has 3 N–H and O–H groups in total. The fourth-order valence-electron chi connectivity index (χ4n) is 2.74. The number of imidazole rings is 1. The first-order valence-electron chi connectivity index (χ1n) is 7.04. The lowest BCUT2D eigenvalue weighted by molar-refractivity contribution is -0.0511. The van der Waals surface area contributed by atoms with E-state index in [2.05, 4.69) is 15.0 Å². The number of aliphatic hydroxyl groups is 3. The van der Waals surface area contributed by atoms with Gasteiger partial charge in [-0.15, -0.1) is 11.3 Å². The summed E-state index contributed by atoms with van der Waals surface area (Å²) in [5.74, 6) is 0. The monoisotopic (exact) mass is 334 g/mol. The van der Waals surface area contributed by atoms with E-state index in [1.807, 2.05) is 17.5 Å². The van der Waals surface area contributed by atoms with Crippen molar-refractivity contribution in [3.05, 3.63) is 30.2 Å². The quantitative estimate of drug-likeness (QED) is 0.625. The average Bonchev–Trinajstić information content (AvgIpc) is 3.28. The number of aliphatic hydroxyl groups excluding tert-OH is 3. The largest absolute Gasteiger partial charge is 0.394 e. The molecule has 1 fully saturated rings. The molecule has 0 bridgehead atoms. The third-order valence-electron chi connectivity index (χ3n) is 3.90. The maximum Gasteiger partial charge on any atom is 0.166 e. The molecule has 4 heterocycles. The second-order valence-corrected chi connectivity index (χ2v) is 6.20. The molecule has 9 heteroatoms. The molecule has 4 atom stereocenters. The van der Waals surface area contributed by atoms with Gasteiger partial charge in [-0.05, 0) is 11.4 Å². The van der Waals surface area contributed by atoms with Crippen LogP contribution in [0.25, 0.3) is 21.7 Å². The van der Waals surface area contributed by atoms with Gasteiger partial charge in [-0.3, -0.25) is 4.57 Å². The Hall–Kier alpha value is -1.91. The highest BCUT2D eigenvalue weighted by Gasteiger charge is 2.44. The van der Waals surface area contributed by atoms with Gasteiger partial charge in [0.1, 0.15) is 35.8 Å². The standard InChI is InChI=1S/C14H14N4O4S/c19-4-7-11(20)12(21)14(22-7)18-6-17-10-9(8-2-1-3-23-8)15-5-16-13(10)18/h1-3,5-7,11-12,14,19-21H,4H2/t7-,11+,12+,14+/m1/s1. The molecule has 3 aromatic heterocycles. The topological polar surface area (TPSA) is 114 Å². The summed E-state index contributed by atoms with van der Waals surface area (Å²) in [6.45, 7) is -0.378. The molecule has 120 valence electrons. The molecule has 4 rings (SSSR count). The van der Waals surface area contributed by atoms with E-state index in [-0.39, 0.29) is 6.61 Å². The summed E-state index contributed by atoms with van der Waals surface area (Å²) in [6, 6.07) is 3.87. The number of fused-ring (bicyclic) bond motifs is 1. The van der Waals surface area contributed by atoms with E-state index in [0.717, 1.165) is 4.88 Å². The van der Waals surface area contributed by atoms with Gasteiger partial charge in [0, 0.05) is 0 Å². The van der Waals surface area contributed by atoms with Crippen LogP contribution in [-0.4, -0.2) is 59.8 Å². The predicted octanol–water partition coefficient (Wildman–Crippen LogP) is 0.166. The summed E-state index contributed by atoms with van der Waals surface area (Å²) in [4.78, 5) is 13.8. The highest BCUT2D eigenvalue weighted by atomic mass is 32.1. The Bertz CT molecular complexity index is 821. The van der Waals surface area contributed by atoms with Crippen LogP contribution in [0.4, 0.5) is 0 Å². The van der Waals surface area contributed by atoms with Gasteiger partial charge in [0.2, 0.25) is 0 Å². The molecule has 8 nitrogen and oxygen atoms in total. The lowest BCUT2D eigenvalue weighted by Gasteiger charge is -2.16. The Balaban J connectivity index is 1.80. The van der Waals surface area contributed by atoms with E-state index in [4.69, 9.17) is 4.74 Å². The first-order chi connectivity index (χ1) is 11.2. The van der Waals surface area contributed by atoms with E-state index in [9.17, 15) is 15.3 Å². The van der Waals surface area contributed by atoms with Crippen LogP contribution >= 0.6 is 11.3 Å². The summed E-state index contributed by atoms with van der Waals surface area (Å²) in [5.41, 5.74) is 1.79. The minimum atomic E-state index is -1.18. The Morgan fingerprint density at radius 2 is 2.09 bits per heavy atom. The van der Waals surface area contributed by atoms with Crippen LogP contribution < -0.4 is 0 Å². The van der Waals surface area contributed by atoms with Crippen LogP contribution in [0.5, 0.6) is 0 Å². The van der Waals surface area contributed by atoms with Crippen LogP contribution in [-0.2, 0) is 4.74 Å². The molecular weight excluding hydrogens is 320 g/mol. The maximum atomic E-state index is 10.2. The SMILES string of the molecule is OC[C@H]1O[C@H](n2cnc3c(-c4cccs4)ncnc32)[C@@H](O)[C@H]1O. The lowest BCUT2D eigenvalue weighted by atomic mass is 10.1. The van der Waals surface area contributed by atoms with Crippen LogP contribution in [0.15, 0.2) is 30.2 Å². The minimum Gasteiger partial charge on any atom is -0.394 e.